The molecule has 0 atom stereocenters. The zero-order chi connectivity index (χ0) is 17.1. The van der Waals surface area contributed by atoms with Gasteiger partial charge in [0.15, 0.2) is 8.32 Å². The van der Waals surface area contributed by atoms with Gasteiger partial charge in [0, 0.05) is 12.6 Å². The van der Waals surface area contributed by atoms with Crippen molar-refractivity contribution in [3.05, 3.63) is 42.1 Å². The highest BCUT2D eigenvalue weighted by Crippen LogP contribution is 2.37. The average molecular weight is 332 g/mol. The summed E-state index contributed by atoms with van der Waals surface area (Å²) in [4.78, 5) is 0. The first kappa shape index (κ1) is 17.8. The van der Waals surface area contributed by atoms with Crippen LogP contribution in [0.1, 0.15) is 33.4 Å². The lowest BCUT2D eigenvalue weighted by atomic mass is 10.2. The molecule has 0 aliphatic carbocycles. The van der Waals surface area contributed by atoms with Crippen molar-refractivity contribution in [2.75, 3.05) is 11.9 Å². The molecule has 1 N–H and O–H groups in total. The van der Waals surface area contributed by atoms with Gasteiger partial charge in [0.25, 0.3) is 0 Å². The maximum Gasteiger partial charge on any atom is 0.192 e. The predicted molar refractivity (Wildman–Crippen MR) is 99.7 cm³/mol. The number of hydrogen-bond donors (Lipinski definition) is 1. The Kier molecular flexibility index (Phi) is 5.32. The summed E-state index contributed by atoms with van der Waals surface area (Å²) in [5, 5.41) is 8.32. The summed E-state index contributed by atoms with van der Waals surface area (Å²) in [5.74, 6) is 1.01. The monoisotopic (exact) mass is 331 g/mol. The lowest BCUT2D eigenvalue weighted by Gasteiger charge is -2.35. The van der Waals surface area contributed by atoms with Crippen LogP contribution < -0.4 is 5.32 Å². The standard InChI is InChI=1S/C18H29N3OSi/c1-7-19-17-13-15(14-22-23(5,6)18(2,3)4)20-21(17)16-11-9-8-10-12-16/h8-13,19H,7,14H2,1-6H3. The molecule has 0 saturated carbocycles. The molecule has 2 aromatic rings. The quantitative estimate of drug-likeness (QED) is 0.771. The van der Waals surface area contributed by atoms with Crippen LogP contribution in [0.3, 0.4) is 0 Å². The van der Waals surface area contributed by atoms with Crippen LogP contribution in [0.4, 0.5) is 5.82 Å². The Labute approximate surface area is 141 Å². The van der Waals surface area contributed by atoms with Crippen LogP contribution in [-0.2, 0) is 11.0 Å². The first-order valence-corrected chi connectivity index (χ1v) is 11.2. The number of benzene rings is 1. The van der Waals surface area contributed by atoms with E-state index in [9.17, 15) is 0 Å². The Balaban J connectivity index is 2.21. The minimum atomic E-state index is -1.76. The second kappa shape index (κ2) is 6.89. The molecule has 126 valence electrons. The average Bonchev–Trinajstić information content (AvgIpc) is 2.89. The van der Waals surface area contributed by atoms with Gasteiger partial charge in [0.1, 0.15) is 5.82 Å². The maximum atomic E-state index is 6.30. The van der Waals surface area contributed by atoms with Gasteiger partial charge in [-0.05, 0) is 37.2 Å². The zero-order valence-electron chi connectivity index (χ0n) is 15.2. The number of nitrogens with one attached hydrogen (secondary N) is 1. The third kappa shape index (κ3) is 4.23. The lowest BCUT2D eigenvalue weighted by molar-refractivity contribution is 0.271. The van der Waals surface area contributed by atoms with Crippen LogP contribution >= 0.6 is 0 Å². The number of aromatic nitrogens is 2. The van der Waals surface area contributed by atoms with E-state index in [4.69, 9.17) is 9.52 Å². The van der Waals surface area contributed by atoms with Gasteiger partial charge in [-0.1, -0.05) is 39.0 Å². The summed E-state index contributed by atoms with van der Waals surface area (Å²) in [6, 6.07) is 12.3. The van der Waals surface area contributed by atoms with Crippen LogP contribution in [0.25, 0.3) is 5.69 Å². The number of hydrogen-bond acceptors (Lipinski definition) is 3. The molecule has 23 heavy (non-hydrogen) atoms. The smallest absolute Gasteiger partial charge is 0.192 e. The first-order valence-electron chi connectivity index (χ1n) is 8.27. The molecule has 0 bridgehead atoms. The SMILES string of the molecule is CCNc1cc(CO[Si](C)(C)C(C)(C)C)nn1-c1ccccc1. The maximum absolute atomic E-state index is 6.30. The predicted octanol–water partition coefficient (Wildman–Crippen LogP) is 4.83. The van der Waals surface area contributed by atoms with E-state index in [1.807, 2.05) is 22.9 Å². The first-order chi connectivity index (χ1) is 10.7. The Morgan fingerprint density at radius 3 is 2.39 bits per heavy atom. The molecule has 1 aromatic carbocycles. The fourth-order valence-corrected chi connectivity index (χ4v) is 2.99. The van der Waals surface area contributed by atoms with E-state index < -0.39 is 8.32 Å². The van der Waals surface area contributed by atoms with Gasteiger partial charge in [-0.25, -0.2) is 4.68 Å². The van der Waals surface area contributed by atoms with Crippen LogP contribution in [0, 0.1) is 0 Å². The summed E-state index contributed by atoms with van der Waals surface area (Å²) in [5.41, 5.74) is 2.02. The molecule has 0 unspecified atom stereocenters. The second-order valence-corrected chi connectivity index (χ2v) is 12.2. The molecule has 0 aliphatic heterocycles. The largest absolute Gasteiger partial charge is 0.411 e. The molecular weight excluding hydrogens is 302 g/mol. The van der Waals surface area contributed by atoms with Gasteiger partial charge < -0.3 is 9.74 Å². The van der Waals surface area contributed by atoms with Crippen molar-refractivity contribution in [3.8, 4) is 5.69 Å². The lowest BCUT2D eigenvalue weighted by Crippen LogP contribution is -2.40. The van der Waals surface area contributed by atoms with Gasteiger partial charge in [0.2, 0.25) is 0 Å². The topological polar surface area (TPSA) is 39.1 Å². The highest BCUT2D eigenvalue weighted by molar-refractivity contribution is 6.74. The van der Waals surface area contributed by atoms with E-state index in [-0.39, 0.29) is 5.04 Å². The van der Waals surface area contributed by atoms with Gasteiger partial charge in [-0.15, -0.1) is 0 Å². The molecule has 0 saturated heterocycles. The summed E-state index contributed by atoms with van der Waals surface area (Å²) >= 11 is 0. The Morgan fingerprint density at radius 2 is 1.83 bits per heavy atom. The summed E-state index contributed by atoms with van der Waals surface area (Å²) < 4.78 is 8.25. The number of anilines is 1. The highest BCUT2D eigenvalue weighted by atomic mass is 28.4. The van der Waals surface area contributed by atoms with Crippen molar-refractivity contribution >= 4 is 14.1 Å². The van der Waals surface area contributed by atoms with Crippen LogP contribution in [0.15, 0.2) is 36.4 Å². The van der Waals surface area contributed by atoms with E-state index in [1.54, 1.807) is 0 Å². The van der Waals surface area contributed by atoms with Crippen molar-refractivity contribution in [1.29, 1.82) is 0 Å². The molecule has 1 aromatic heterocycles. The summed E-state index contributed by atoms with van der Waals surface area (Å²) in [7, 11) is -1.76. The molecule has 5 heteroatoms. The molecule has 0 fully saturated rings. The van der Waals surface area contributed by atoms with Gasteiger partial charge in [-0.3, -0.25) is 0 Å². The molecule has 0 radical (unpaired) electrons. The number of nitrogens with zero attached hydrogens (tertiary/aromatic N) is 2. The minimum absolute atomic E-state index is 0.208. The number of para-hydroxylation sites is 1. The molecule has 0 aliphatic rings. The van der Waals surface area contributed by atoms with E-state index in [0.717, 1.165) is 23.7 Å². The Morgan fingerprint density at radius 1 is 1.17 bits per heavy atom. The van der Waals surface area contributed by atoms with Gasteiger partial charge in [-0.2, -0.15) is 5.10 Å². The summed E-state index contributed by atoms with van der Waals surface area (Å²) in [6.45, 7) is 14.8. The molecule has 4 nitrogen and oxygen atoms in total. The van der Waals surface area contributed by atoms with E-state index in [2.05, 4.69) is 64.3 Å². The second-order valence-electron chi connectivity index (χ2n) is 7.35. The van der Waals surface area contributed by atoms with Crippen molar-refractivity contribution in [3.63, 3.8) is 0 Å². The molecule has 0 spiro atoms. The van der Waals surface area contributed by atoms with Crippen LogP contribution in [0.5, 0.6) is 0 Å². The molecule has 2 rings (SSSR count). The van der Waals surface area contributed by atoms with Crippen molar-refractivity contribution < 1.29 is 4.43 Å². The summed E-state index contributed by atoms with van der Waals surface area (Å²) in [6.07, 6.45) is 0. The molecule has 1 heterocycles. The van der Waals surface area contributed by atoms with Gasteiger partial charge in [0.05, 0.1) is 18.0 Å². The fourth-order valence-electron chi connectivity index (χ4n) is 2.04. The Hall–Kier alpha value is -1.59. The fraction of sp³-hybridized carbons (Fsp3) is 0.500. The van der Waals surface area contributed by atoms with Crippen molar-refractivity contribution in [2.24, 2.45) is 0 Å². The minimum Gasteiger partial charge on any atom is -0.411 e. The van der Waals surface area contributed by atoms with E-state index in [0.29, 0.717) is 6.61 Å². The molecular formula is C18H29N3OSi. The van der Waals surface area contributed by atoms with Crippen LogP contribution in [0.2, 0.25) is 18.1 Å². The van der Waals surface area contributed by atoms with E-state index >= 15 is 0 Å². The number of rotatable bonds is 6. The van der Waals surface area contributed by atoms with E-state index in [1.165, 1.54) is 0 Å². The van der Waals surface area contributed by atoms with Crippen molar-refractivity contribution in [2.45, 2.75) is 52.4 Å². The Bertz CT molecular complexity index is 629. The third-order valence-electron chi connectivity index (χ3n) is 4.51. The highest BCUT2D eigenvalue weighted by Gasteiger charge is 2.37. The van der Waals surface area contributed by atoms with Gasteiger partial charge >= 0.3 is 0 Å². The normalized spacial score (nSPS) is 12.4. The molecule has 0 amide bonds. The zero-order valence-corrected chi connectivity index (χ0v) is 16.2. The van der Waals surface area contributed by atoms with Crippen LogP contribution in [-0.4, -0.2) is 24.6 Å². The van der Waals surface area contributed by atoms with Crippen molar-refractivity contribution in [1.82, 2.24) is 9.78 Å². The third-order valence-corrected chi connectivity index (χ3v) is 8.98.